The van der Waals surface area contributed by atoms with Gasteiger partial charge >= 0.3 is 5.97 Å². The Morgan fingerprint density at radius 1 is 0.422 bits per heavy atom. The number of carbonyl (C=O) groups is 2. The van der Waals surface area contributed by atoms with E-state index in [2.05, 4.69) is 0 Å². The third-order valence-corrected chi connectivity index (χ3v) is 15.1. The van der Waals surface area contributed by atoms with Crippen molar-refractivity contribution in [2.45, 2.75) is 76.8 Å². The molecule has 90 heavy (non-hydrogen) atoms. The number of allylic oxidation sites excluding steroid dienone is 1. The quantitative estimate of drug-likeness (QED) is 0.0157. The molecule has 1 fully saturated rings. The number of ketones is 1. The summed E-state index contributed by atoms with van der Waals surface area (Å²) >= 11 is 0. The van der Waals surface area contributed by atoms with Gasteiger partial charge < -0.3 is 52.8 Å². The predicted octanol–water partition coefficient (Wildman–Crippen LogP) is 15.5. The fourth-order valence-electron chi connectivity index (χ4n) is 10.4. The van der Waals surface area contributed by atoms with Gasteiger partial charge in [-0.15, -0.1) is 0 Å². The average Bonchev–Trinajstić information content (AvgIpc) is 0.763. The summed E-state index contributed by atoms with van der Waals surface area (Å²) in [6.07, 6.45) is -4.46. The van der Waals surface area contributed by atoms with Gasteiger partial charge in [0.2, 0.25) is 0 Å². The molecule has 0 radical (unpaired) electrons. The highest BCUT2D eigenvalue weighted by atomic mass is 16.6. The van der Waals surface area contributed by atoms with E-state index in [1.54, 1.807) is 48.5 Å². The molecule has 1 heterocycles. The Balaban J connectivity index is 1.06. The third kappa shape index (κ3) is 16.7. The van der Waals surface area contributed by atoms with Crippen molar-refractivity contribution in [3.8, 4) is 28.7 Å². The van der Waals surface area contributed by atoms with E-state index in [0.29, 0.717) is 18.1 Å². The molecule has 0 amide bonds. The van der Waals surface area contributed by atoms with Crippen LogP contribution in [0.15, 0.2) is 273 Å². The molecule has 454 valence electrons. The molecule has 1 saturated heterocycles. The number of benzene rings is 10. The topological polar surface area (TPSA) is 158 Å². The van der Waals surface area contributed by atoms with Crippen LogP contribution in [0.5, 0.6) is 28.7 Å². The lowest BCUT2D eigenvalue weighted by Gasteiger charge is -2.47. The number of aliphatic hydroxyl groups is 1. The van der Waals surface area contributed by atoms with Crippen LogP contribution < -0.4 is 18.9 Å². The van der Waals surface area contributed by atoms with Gasteiger partial charge in [-0.3, -0.25) is 4.79 Å². The van der Waals surface area contributed by atoms with Gasteiger partial charge in [-0.1, -0.05) is 212 Å². The van der Waals surface area contributed by atoms with Crippen LogP contribution in [-0.4, -0.2) is 53.0 Å². The standard InChI is InChI=1S/C77H68O13/c78-65(61-36-40-63(41-37-61)83-47-55-24-10-2-11-25-55)44-66(79)70-67(80)45-68(85-49-57-28-14-4-15-29-57)71(73(70)90-77(81)62-38-42-64(43-39-62)84-48-56-26-12-3-13-27-56)74-76(88-52-60-34-20-7-21-35-60)75(87-51-59-32-18-6-19-33-59)72(86-50-58-30-16-5-17-31-58)69(89-74)53-82-46-54-22-8-1-9-23-54/h1-45,69,72,74-76,78,80H,46-53H2/b65-44-/t69-,72-,74+,75+,76+/m1/s1. The fraction of sp³-hybridized carbons (Fsp3) is 0.169. The van der Waals surface area contributed by atoms with Crippen molar-refractivity contribution in [2.24, 2.45) is 0 Å². The largest absolute Gasteiger partial charge is 0.507 e. The molecule has 1 aliphatic rings. The summed E-state index contributed by atoms with van der Waals surface area (Å²) in [6.45, 7) is 0.976. The van der Waals surface area contributed by atoms with Crippen LogP contribution in [0.2, 0.25) is 0 Å². The minimum atomic E-state index is -1.37. The average molecular weight is 1200 g/mol. The molecule has 0 aliphatic carbocycles. The van der Waals surface area contributed by atoms with E-state index in [0.717, 1.165) is 45.0 Å². The van der Waals surface area contributed by atoms with Crippen LogP contribution in [-0.2, 0) is 69.9 Å². The molecule has 0 aromatic heterocycles. The Labute approximate surface area is 523 Å². The Bertz CT molecular complexity index is 3880. The number of phenols is 1. The van der Waals surface area contributed by atoms with Crippen LogP contribution in [0.1, 0.15) is 76.9 Å². The molecule has 10 aromatic rings. The minimum absolute atomic E-state index is 0.0111. The molecule has 0 bridgehead atoms. The zero-order valence-electron chi connectivity index (χ0n) is 49.4. The van der Waals surface area contributed by atoms with Crippen molar-refractivity contribution >= 4 is 17.5 Å². The SMILES string of the molecule is O=C(Oc1c(C(=O)/C=C(\O)c2ccc(OCc3ccccc3)cc2)c(O)cc(OCc2ccccc2)c1[C@@H]1O[C@H](COCc2ccccc2)[C@@H](OCc2ccccc2)[C@H](OCc2ccccc2)[C@H]1OCc1ccccc1)c1ccc(OCc2ccccc2)cc1. The number of esters is 1. The van der Waals surface area contributed by atoms with Crippen molar-refractivity contribution in [3.63, 3.8) is 0 Å². The zero-order chi connectivity index (χ0) is 61.7. The summed E-state index contributed by atoms with van der Waals surface area (Å²) in [7, 11) is 0. The number of rotatable bonds is 28. The van der Waals surface area contributed by atoms with Crippen molar-refractivity contribution < 1.29 is 62.4 Å². The summed E-state index contributed by atoms with van der Waals surface area (Å²) in [5.74, 6) is -2.37. The normalized spacial score (nSPS) is 16.4. The molecule has 13 nitrogen and oxygen atoms in total. The maximum Gasteiger partial charge on any atom is 0.343 e. The second-order valence-corrected chi connectivity index (χ2v) is 21.5. The fourth-order valence-corrected chi connectivity index (χ4v) is 10.4. The van der Waals surface area contributed by atoms with Gasteiger partial charge in [0.1, 0.15) is 84.7 Å². The molecule has 0 saturated carbocycles. The molecule has 0 spiro atoms. The Morgan fingerprint density at radius 3 is 1.24 bits per heavy atom. The molecular weight excluding hydrogens is 1130 g/mol. The lowest BCUT2D eigenvalue weighted by atomic mass is 9.87. The number of hydrogen-bond acceptors (Lipinski definition) is 13. The van der Waals surface area contributed by atoms with Gasteiger partial charge in [-0.05, 0) is 87.5 Å². The second kappa shape index (κ2) is 31.2. The van der Waals surface area contributed by atoms with E-state index in [4.69, 9.17) is 42.6 Å². The van der Waals surface area contributed by atoms with Crippen LogP contribution in [0.4, 0.5) is 0 Å². The smallest absolute Gasteiger partial charge is 0.343 e. The Hall–Kier alpha value is -10.1. The molecule has 1 aliphatic heterocycles. The van der Waals surface area contributed by atoms with Crippen LogP contribution in [0, 0.1) is 0 Å². The first-order valence-electron chi connectivity index (χ1n) is 29.8. The lowest BCUT2D eigenvalue weighted by molar-refractivity contribution is -0.275. The first kappa shape index (κ1) is 61.5. The molecular formula is C77H68O13. The molecule has 0 unspecified atom stereocenters. The summed E-state index contributed by atoms with van der Waals surface area (Å²) < 4.78 is 61.0. The summed E-state index contributed by atoms with van der Waals surface area (Å²) in [4.78, 5) is 30.5. The lowest BCUT2D eigenvalue weighted by Crippen LogP contribution is -2.58. The van der Waals surface area contributed by atoms with Crippen molar-refractivity contribution in [3.05, 3.63) is 334 Å². The molecule has 2 N–H and O–H groups in total. The van der Waals surface area contributed by atoms with E-state index in [1.165, 1.54) is 6.07 Å². The van der Waals surface area contributed by atoms with E-state index in [-0.39, 0.29) is 68.7 Å². The van der Waals surface area contributed by atoms with E-state index < -0.39 is 65.1 Å². The highest BCUT2D eigenvalue weighted by Crippen LogP contribution is 2.50. The van der Waals surface area contributed by atoms with Gasteiger partial charge in [0.05, 0.1) is 44.2 Å². The van der Waals surface area contributed by atoms with Crippen LogP contribution >= 0.6 is 0 Å². The van der Waals surface area contributed by atoms with E-state index in [1.807, 2.05) is 212 Å². The molecule has 11 rings (SSSR count). The molecule has 5 atom stereocenters. The third-order valence-electron chi connectivity index (χ3n) is 15.1. The summed E-state index contributed by atoms with van der Waals surface area (Å²) in [5, 5.41) is 24.4. The molecule has 13 heteroatoms. The number of carbonyl (C=O) groups excluding carboxylic acids is 2. The Morgan fingerprint density at radius 2 is 0.800 bits per heavy atom. The summed E-state index contributed by atoms with van der Waals surface area (Å²) in [5.41, 5.74) is 6.01. The number of ether oxygens (including phenoxy) is 9. The van der Waals surface area contributed by atoms with E-state index in [9.17, 15) is 10.2 Å². The summed E-state index contributed by atoms with van der Waals surface area (Å²) in [6, 6.07) is 81.8. The van der Waals surface area contributed by atoms with Gasteiger partial charge in [0.15, 0.2) is 11.5 Å². The minimum Gasteiger partial charge on any atom is -0.507 e. The maximum atomic E-state index is 15.4. The van der Waals surface area contributed by atoms with Gasteiger partial charge in [-0.25, -0.2) is 4.79 Å². The van der Waals surface area contributed by atoms with Crippen molar-refractivity contribution in [1.82, 2.24) is 0 Å². The highest BCUT2D eigenvalue weighted by Gasteiger charge is 2.51. The first-order chi connectivity index (χ1) is 44.3. The maximum absolute atomic E-state index is 15.4. The number of aliphatic hydroxyl groups excluding tert-OH is 1. The first-order valence-corrected chi connectivity index (χ1v) is 29.8. The van der Waals surface area contributed by atoms with Crippen molar-refractivity contribution in [1.29, 1.82) is 0 Å². The number of aromatic hydroxyl groups is 1. The van der Waals surface area contributed by atoms with Crippen LogP contribution in [0.25, 0.3) is 5.76 Å². The second-order valence-electron chi connectivity index (χ2n) is 21.5. The van der Waals surface area contributed by atoms with Crippen molar-refractivity contribution in [2.75, 3.05) is 6.61 Å². The number of hydrogen-bond donors (Lipinski definition) is 2. The predicted molar refractivity (Wildman–Crippen MR) is 342 cm³/mol. The monoisotopic (exact) mass is 1200 g/mol. The zero-order valence-corrected chi connectivity index (χ0v) is 49.4. The van der Waals surface area contributed by atoms with Gasteiger partial charge in [0.25, 0.3) is 0 Å². The number of phenolic OH excluding ortho intramolecular Hbond substituents is 1. The van der Waals surface area contributed by atoms with E-state index >= 15 is 9.59 Å². The molecule has 10 aromatic carbocycles. The van der Waals surface area contributed by atoms with Crippen LogP contribution in [0.3, 0.4) is 0 Å². The Kier molecular flexibility index (Phi) is 21.3. The highest BCUT2D eigenvalue weighted by molar-refractivity contribution is 6.12. The van der Waals surface area contributed by atoms with Gasteiger partial charge in [0, 0.05) is 17.7 Å². The van der Waals surface area contributed by atoms with Gasteiger partial charge in [-0.2, -0.15) is 0 Å².